The topological polar surface area (TPSA) is 43.8 Å². The monoisotopic (exact) mass is 177 g/mol. The number of aromatic nitrogens is 2. The molecule has 13 heavy (non-hydrogen) atoms. The third-order valence-corrected chi connectivity index (χ3v) is 1.60. The van der Waals surface area contributed by atoms with Gasteiger partial charge in [0.05, 0.1) is 6.20 Å². The van der Waals surface area contributed by atoms with Crippen molar-refractivity contribution in [2.45, 2.75) is 32.4 Å². The van der Waals surface area contributed by atoms with Gasteiger partial charge in [0.25, 0.3) is 0 Å². The van der Waals surface area contributed by atoms with E-state index in [1.807, 2.05) is 26.2 Å². The predicted octanol–water partition coefficient (Wildman–Crippen LogP) is 0.796. The Labute approximate surface area is 78.9 Å². The molecule has 0 aliphatic carbocycles. The van der Waals surface area contributed by atoms with Gasteiger partial charge in [-0.3, -0.25) is 4.68 Å². The summed E-state index contributed by atoms with van der Waals surface area (Å²) >= 11 is 0. The maximum Gasteiger partial charge on any atom is 0.101 e. The van der Waals surface area contributed by atoms with Crippen LogP contribution in [-0.4, -0.2) is 15.3 Å². The van der Waals surface area contributed by atoms with Gasteiger partial charge < -0.3 is 5.73 Å². The Morgan fingerprint density at radius 3 is 2.92 bits per heavy atom. The fourth-order valence-corrected chi connectivity index (χ4v) is 1.20. The molecule has 1 aromatic rings. The maximum atomic E-state index is 5.87. The summed E-state index contributed by atoms with van der Waals surface area (Å²) in [6.07, 6.45) is 9.73. The minimum Gasteiger partial charge on any atom is -0.325 e. The zero-order chi connectivity index (χ0) is 9.90. The summed E-state index contributed by atoms with van der Waals surface area (Å²) in [7, 11) is 0. The minimum absolute atomic E-state index is 0.190. The van der Waals surface area contributed by atoms with Crippen molar-refractivity contribution < 1.29 is 0 Å². The highest BCUT2D eigenvalue weighted by Crippen LogP contribution is 2.08. The zero-order valence-electron chi connectivity index (χ0n) is 8.12. The summed E-state index contributed by atoms with van der Waals surface area (Å²) < 4.78 is 1.74. The fourth-order valence-electron chi connectivity index (χ4n) is 1.20. The Balaban J connectivity index is 2.65. The first-order chi connectivity index (χ1) is 6.01. The van der Waals surface area contributed by atoms with E-state index in [2.05, 4.69) is 11.0 Å². The molecule has 2 N–H and O–H groups in total. The first-order valence-electron chi connectivity index (χ1n) is 4.25. The standard InChI is InChI=1S/C10H15N3/c1-4-5-13-8-9(7-12-13)6-10(2,3)11/h1,7-8H,5-6,11H2,2-3H3. The lowest BCUT2D eigenvalue weighted by atomic mass is 9.99. The van der Waals surface area contributed by atoms with Gasteiger partial charge in [0.1, 0.15) is 6.54 Å². The van der Waals surface area contributed by atoms with E-state index in [0.29, 0.717) is 6.54 Å². The molecule has 0 bridgehead atoms. The Morgan fingerprint density at radius 1 is 1.69 bits per heavy atom. The van der Waals surface area contributed by atoms with Crippen molar-refractivity contribution in [2.75, 3.05) is 0 Å². The van der Waals surface area contributed by atoms with E-state index in [1.54, 1.807) is 4.68 Å². The molecule has 0 atom stereocenters. The van der Waals surface area contributed by atoms with E-state index in [1.165, 1.54) is 0 Å². The Kier molecular flexibility index (Phi) is 2.74. The Bertz CT molecular complexity index is 312. The Morgan fingerprint density at radius 2 is 2.38 bits per heavy atom. The van der Waals surface area contributed by atoms with Crippen molar-refractivity contribution in [3.8, 4) is 12.3 Å². The molecule has 0 saturated carbocycles. The molecule has 0 aromatic carbocycles. The van der Waals surface area contributed by atoms with Crippen LogP contribution in [0.1, 0.15) is 19.4 Å². The zero-order valence-corrected chi connectivity index (χ0v) is 8.12. The number of hydrogen-bond donors (Lipinski definition) is 1. The van der Waals surface area contributed by atoms with Crippen LogP contribution in [-0.2, 0) is 13.0 Å². The van der Waals surface area contributed by atoms with Crippen LogP contribution < -0.4 is 5.73 Å². The molecule has 0 saturated heterocycles. The second kappa shape index (κ2) is 3.63. The summed E-state index contributed by atoms with van der Waals surface area (Å²) in [5, 5.41) is 4.11. The average Bonchev–Trinajstić information content (AvgIpc) is 2.33. The molecule has 1 heterocycles. The highest BCUT2D eigenvalue weighted by Gasteiger charge is 2.12. The number of hydrogen-bond acceptors (Lipinski definition) is 2. The van der Waals surface area contributed by atoms with Crippen molar-refractivity contribution in [1.29, 1.82) is 0 Å². The summed E-state index contributed by atoms with van der Waals surface area (Å²) in [5.74, 6) is 2.53. The highest BCUT2D eigenvalue weighted by atomic mass is 15.3. The van der Waals surface area contributed by atoms with E-state index in [4.69, 9.17) is 12.2 Å². The SMILES string of the molecule is C#CCn1cc(CC(C)(C)N)cn1. The summed E-state index contributed by atoms with van der Waals surface area (Å²) in [6.45, 7) is 4.50. The molecule has 0 unspecified atom stereocenters. The molecular formula is C10H15N3. The van der Waals surface area contributed by atoms with E-state index < -0.39 is 0 Å². The molecule has 0 radical (unpaired) electrons. The predicted molar refractivity (Wildman–Crippen MR) is 53.0 cm³/mol. The molecule has 1 rings (SSSR count). The van der Waals surface area contributed by atoms with Gasteiger partial charge >= 0.3 is 0 Å². The fraction of sp³-hybridized carbons (Fsp3) is 0.500. The van der Waals surface area contributed by atoms with Crippen LogP contribution in [0.5, 0.6) is 0 Å². The van der Waals surface area contributed by atoms with E-state index in [9.17, 15) is 0 Å². The number of nitrogens with two attached hydrogens (primary N) is 1. The lowest BCUT2D eigenvalue weighted by Crippen LogP contribution is -2.34. The van der Waals surface area contributed by atoms with E-state index in [0.717, 1.165) is 12.0 Å². The number of terminal acetylenes is 1. The Hall–Kier alpha value is -1.27. The molecule has 70 valence electrons. The third-order valence-electron chi connectivity index (χ3n) is 1.60. The quantitative estimate of drug-likeness (QED) is 0.694. The summed E-state index contributed by atoms with van der Waals surface area (Å²) in [4.78, 5) is 0. The molecule has 0 aliphatic rings. The molecule has 0 amide bonds. The second-order valence-electron chi connectivity index (χ2n) is 3.92. The van der Waals surface area contributed by atoms with Gasteiger partial charge in [-0.15, -0.1) is 6.42 Å². The van der Waals surface area contributed by atoms with Crippen LogP contribution in [0.2, 0.25) is 0 Å². The second-order valence-corrected chi connectivity index (χ2v) is 3.92. The molecule has 1 aromatic heterocycles. The van der Waals surface area contributed by atoms with Crippen LogP contribution in [0.25, 0.3) is 0 Å². The number of nitrogens with zero attached hydrogens (tertiary/aromatic N) is 2. The van der Waals surface area contributed by atoms with Gasteiger partial charge in [-0.2, -0.15) is 5.10 Å². The average molecular weight is 177 g/mol. The van der Waals surface area contributed by atoms with Gasteiger partial charge in [-0.05, 0) is 25.8 Å². The third kappa shape index (κ3) is 3.30. The summed E-state index contributed by atoms with van der Waals surface area (Å²) in [6, 6.07) is 0. The first-order valence-corrected chi connectivity index (χ1v) is 4.25. The molecule has 0 aliphatic heterocycles. The molecular weight excluding hydrogens is 162 g/mol. The minimum atomic E-state index is -0.190. The van der Waals surface area contributed by atoms with Crippen LogP contribution in [0.15, 0.2) is 12.4 Å². The van der Waals surface area contributed by atoms with Crippen molar-refractivity contribution in [1.82, 2.24) is 9.78 Å². The highest BCUT2D eigenvalue weighted by molar-refractivity contribution is 5.08. The first kappa shape index (κ1) is 9.82. The maximum absolute atomic E-state index is 5.87. The lowest BCUT2D eigenvalue weighted by molar-refractivity contribution is 0.516. The van der Waals surface area contributed by atoms with Gasteiger partial charge in [-0.25, -0.2) is 0 Å². The number of rotatable bonds is 3. The van der Waals surface area contributed by atoms with E-state index >= 15 is 0 Å². The lowest BCUT2D eigenvalue weighted by Gasteiger charge is -2.16. The van der Waals surface area contributed by atoms with Crippen LogP contribution >= 0.6 is 0 Å². The molecule has 0 spiro atoms. The van der Waals surface area contributed by atoms with Gasteiger partial charge in [0.2, 0.25) is 0 Å². The molecule has 0 fully saturated rings. The van der Waals surface area contributed by atoms with Crippen molar-refractivity contribution in [2.24, 2.45) is 5.73 Å². The van der Waals surface area contributed by atoms with Crippen LogP contribution in [0.3, 0.4) is 0 Å². The summed E-state index contributed by atoms with van der Waals surface area (Å²) in [5.41, 5.74) is 6.81. The smallest absolute Gasteiger partial charge is 0.101 e. The van der Waals surface area contributed by atoms with E-state index in [-0.39, 0.29) is 5.54 Å². The van der Waals surface area contributed by atoms with Crippen molar-refractivity contribution >= 4 is 0 Å². The van der Waals surface area contributed by atoms with Gasteiger partial charge in [0, 0.05) is 11.7 Å². The molecule has 3 heteroatoms. The van der Waals surface area contributed by atoms with Gasteiger partial charge in [0.15, 0.2) is 0 Å². The molecule has 3 nitrogen and oxygen atoms in total. The van der Waals surface area contributed by atoms with Crippen LogP contribution in [0, 0.1) is 12.3 Å². The van der Waals surface area contributed by atoms with Crippen LogP contribution in [0.4, 0.5) is 0 Å². The largest absolute Gasteiger partial charge is 0.325 e. The van der Waals surface area contributed by atoms with Crippen molar-refractivity contribution in [3.05, 3.63) is 18.0 Å². The van der Waals surface area contributed by atoms with Crippen molar-refractivity contribution in [3.63, 3.8) is 0 Å². The normalized spacial score (nSPS) is 11.2. The van der Waals surface area contributed by atoms with Gasteiger partial charge in [-0.1, -0.05) is 5.92 Å².